The van der Waals surface area contributed by atoms with Gasteiger partial charge in [-0.05, 0) is 30.3 Å². The van der Waals surface area contributed by atoms with Crippen LogP contribution in [-0.4, -0.2) is 37.0 Å². The van der Waals surface area contributed by atoms with E-state index in [-0.39, 0.29) is 40.7 Å². The highest BCUT2D eigenvalue weighted by Crippen LogP contribution is 2.36. The van der Waals surface area contributed by atoms with E-state index in [0.29, 0.717) is 5.02 Å². The average molecular weight is 459 g/mol. The van der Waals surface area contributed by atoms with Crippen LogP contribution < -0.4 is 5.32 Å². The first-order chi connectivity index (χ1) is 14.1. The summed E-state index contributed by atoms with van der Waals surface area (Å²) < 4.78 is 44.1. The fourth-order valence-corrected chi connectivity index (χ4v) is 3.44. The van der Waals surface area contributed by atoms with Gasteiger partial charge in [0.1, 0.15) is 5.70 Å². The first kappa shape index (κ1) is 22.1. The second-order valence-electron chi connectivity index (χ2n) is 6.33. The highest BCUT2D eigenvalue weighted by atomic mass is 35.5. The van der Waals surface area contributed by atoms with Gasteiger partial charge in [-0.15, -0.1) is 0 Å². The van der Waals surface area contributed by atoms with Crippen LogP contribution in [0.15, 0.2) is 48.2 Å². The summed E-state index contributed by atoms with van der Waals surface area (Å²) in [6.07, 6.45) is -4.56. The Bertz CT molecular complexity index is 1040. The molecular formula is C20H15Cl2F3N2O3. The Kier molecular flexibility index (Phi) is 6.40. The van der Waals surface area contributed by atoms with E-state index in [2.05, 4.69) is 5.32 Å². The molecule has 2 amide bonds. The zero-order valence-electron chi connectivity index (χ0n) is 15.5. The number of alkyl halides is 3. The maximum absolute atomic E-state index is 13.0. The number of benzene rings is 2. The molecule has 0 saturated heterocycles. The second kappa shape index (κ2) is 8.67. The molecule has 3 rings (SSSR count). The summed E-state index contributed by atoms with van der Waals surface area (Å²) in [5, 5.41) is 3.11. The predicted octanol–water partition coefficient (Wildman–Crippen LogP) is 4.85. The van der Waals surface area contributed by atoms with Crippen LogP contribution in [0.3, 0.4) is 0 Å². The summed E-state index contributed by atoms with van der Waals surface area (Å²) >= 11 is 12.1. The molecule has 10 heteroatoms. The number of nitrogens with one attached hydrogen (secondary N) is 1. The number of amides is 2. The van der Waals surface area contributed by atoms with Gasteiger partial charge in [0.25, 0.3) is 11.8 Å². The van der Waals surface area contributed by atoms with Gasteiger partial charge in [-0.25, -0.2) is 0 Å². The van der Waals surface area contributed by atoms with E-state index in [9.17, 15) is 22.8 Å². The van der Waals surface area contributed by atoms with Crippen molar-refractivity contribution in [2.75, 3.05) is 25.6 Å². The van der Waals surface area contributed by atoms with Crippen molar-refractivity contribution < 1.29 is 27.5 Å². The van der Waals surface area contributed by atoms with Gasteiger partial charge >= 0.3 is 6.18 Å². The molecule has 158 valence electrons. The van der Waals surface area contributed by atoms with Gasteiger partial charge in [-0.3, -0.25) is 14.5 Å². The summed E-state index contributed by atoms with van der Waals surface area (Å²) in [5.41, 5.74) is -0.909. The van der Waals surface area contributed by atoms with Crippen LogP contribution in [0.4, 0.5) is 18.9 Å². The number of hydrogen-bond acceptors (Lipinski definition) is 4. The maximum Gasteiger partial charge on any atom is 0.416 e. The molecule has 0 saturated carbocycles. The Morgan fingerprint density at radius 3 is 2.43 bits per heavy atom. The number of imide groups is 1. The van der Waals surface area contributed by atoms with E-state index in [4.69, 9.17) is 27.9 Å². The van der Waals surface area contributed by atoms with Crippen molar-refractivity contribution >= 4 is 46.3 Å². The molecule has 0 bridgehead atoms. The van der Waals surface area contributed by atoms with Crippen LogP contribution in [-0.2, 0) is 20.5 Å². The standard InChI is InChI=1S/C20H15Cl2F3N2O3/c1-30-8-7-27-18(28)16(14-6-5-12(21)10-15(14)22)17(19(27)29)26-13-4-2-3-11(9-13)20(23,24)25/h2-6,9-10,26H,7-8H2,1H3. The van der Waals surface area contributed by atoms with E-state index in [1.165, 1.54) is 37.4 Å². The summed E-state index contributed by atoms with van der Waals surface area (Å²) in [7, 11) is 1.41. The van der Waals surface area contributed by atoms with Gasteiger partial charge in [0, 0.05) is 23.4 Å². The lowest BCUT2D eigenvalue weighted by molar-refractivity contribution is -0.138. The van der Waals surface area contributed by atoms with Crippen LogP contribution in [0.2, 0.25) is 10.0 Å². The van der Waals surface area contributed by atoms with Crippen LogP contribution in [0.5, 0.6) is 0 Å². The number of hydrogen-bond donors (Lipinski definition) is 1. The number of carbonyl (C=O) groups excluding carboxylic acids is 2. The van der Waals surface area contributed by atoms with Crippen molar-refractivity contribution in [3.8, 4) is 0 Å². The van der Waals surface area contributed by atoms with Crippen LogP contribution in [0, 0.1) is 0 Å². The summed E-state index contributed by atoms with van der Waals surface area (Å²) in [6, 6.07) is 8.69. The molecule has 0 aliphatic carbocycles. The highest BCUT2D eigenvalue weighted by Gasteiger charge is 2.40. The fourth-order valence-electron chi connectivity index (χ4n) is 2.94. The molecule has 1 N–H and O–H groups in total. The number of anilines is 1. The third-order valence-electron chi connectivity index (χ3n) is 4.35. The summed E-state index contributed by atoms with van der Waals surface area (Å²) in [4.78, 5) is 26.8. The van der Waals surface area contributed by atoms with Crippen molar-refractivity contribution in [3.63, 3.8) is 0 Å². The number of methoxy groups -OCH3 is 1. The van der Waals surface area contributed by atoms with E-state index in [1.807, 2.05) is 0 Å². The molecule has 0 fully saturated rings. The molecule has 0 spiro atoms. The Hall–Kier alpha value is -2.55. The molecule has 1 aliphatic rings. The zero-order chi connectivity index (χ0) is 22.1. The maximum atomic E-state index is 13.0. The molecule has 1 aliphatic heterocycles. The van der Waals surface area contributed by atoms with Crippen molar-refractivity contribution in [3.05, 3.63) is 69.3 Å². The Balaban J connectivity index is 2.09. The monoisotopic (exact) mass is 458 g/mol. The van der Waals surface area contributed by atoms with Crippen LogP contribution in [0.25, 0.3) is 5.57 Å². The lowest BCUT2D eigenvalue weighted by atomic mass is 10.0. The number of ether oxygens (including phenoxy) is 1. The molecule has 5 nitrogen and oxygen atoms in total. The SMILES string of the molecule is COCCN1C(=O)C(Nc2cccc(C(F)(F)F)c2)=C(c2ccc(Cl)cc2Cl)C1=O. The lowest BCUT2D eigenvalue weighted by Crippen LogP contribution is -2.35. The Labute approximate surface area is 180 Å². The van der Waals surface area contributed by atoms with E-state index >= 15 is 0 Å². The van der Waals surface area contributed by atoms with Crippen molar-refractivity contribution in [2.24, 2.45) is 0 Å². The van der Waals surface area contributed by atoms with E-state index in [1.54, 1.807) is 0 Å². The molecule has 30 heavy (non-hydrogen) atoms. The molecule has 2 aromatic rings. The Morgan fingerprint density at radius 1 is 1.07 bits per heavy atom. The van der Waals surface area contributed by atoms with E-state index in [0.717, 1.165) is 17.0 Å². The van der Waals surface area contributed by atoms with Crippen molar-refractivity contribution in [2.45, 2.75) is 6.18 Å². The largest absolute Gasteiger partial charge is 0.416 e. The van der Waals surface area contributed by atoms with Gasteiger partial charge in [-0.1, -0.05) is 35.3 Å². The quantitative estimate of drug-likeness (QED) is 0.628. The number of rotatable bonds is 6. The molecule has 1 heterocycles. The molecule has 0 aromatic heterocycles. The first-order valence-electron chi connectivity index (χ1n) is 8.62. The lowest BCUT2D eigenvalue weighted by Gasteiger charge is -2.15. The molecule has 0 atom stereocenters. The number of halogens is 5. The first-order valence-corrected chi connectivity index (χ1v) is 9.38. The molecule has 0 radical (unpaired) electrons. The zero-order valence-corrected chi connectivity index (χ0v) is 17.0. The summed E-state index contributed by atoms with van der Waals surface area (Å²) in [6.45, 7) is 0.0621. The minimum atomic E-state index is -4.56. The number of nitrogens with zero attached hydrogens (tertiary/aromatic N) is 1. The molecular weight excluding hydrogens is 444 g/mol. The third kappa shape index (κ3) is 4.45. The van der Waals surface area contributed by atoms with Gasteiger partial charge in [-0.2, -0.15) is 13.2 Å². The molecule has 2 aromatic carbocycles. The van der Waals surface area contributed by atoms with Crippen molar-refractivity contribution in [1.29, 1.82) is 0 Å². The van der Waals surface area contributed by atoms with Crippen LogP contribution >= 0.6 is 23.2 Å². The van der Waals surface area contributed by atoms with E-state index < -0.39 is 23.6 Å². The predicted molar refractivity (Wildman–Crippen MR) is 107 cm³/mol. The highest BCUT2D eigenvalue weighted by molar-refractivity contribution is 6.41. The summed E-state index contributed by atoms with van der Waals surface area (Å²) in [5.74, 6) is -1.34. The molecule has 0 unspecified atom stereocenters. The second-order valence-corrected chi connectivity index (χ2v) is 7.18. The minimum Gasteiger partial charge on any atom is -0.383 e. The van der Waals surface area contributed by atoms with Gasteiger partial charge in [0.05, 0.1) is 29.3 Å². The fraction of sp³-hybridized carbons (Fsp3) is 0.200. The van der Waals surface area contributed by atoms with Gasteiger partial charge in [0.2, 0.25) is 0 Å². The van der Waals surface area contributed by atoms with Crippen LogP contribution in [0.1, 0.15) is 11.1 Å². The number of carbonyl (C=O) groups is 2. The normalized spacial score (nSPS) is 14.7. The minimum absolute atomic E-state index is 0.00264. The third-order valence-corrected chi connectivity index (χ3v) is 4.89. The van der Waals surface area contributed by atoms with Gasteiger partial charge < -0.3 is 10.1 Å². The average Bonchev–Trinajstić information content (AvgIpc) is 2.90. The smallest absolute Gasteiger partial charge is 0.383 e. The van der Waals surface area contributed by atoms with Gasteiger partial charge in [0.15, 0.2) is 0 Å². The van der Waals surface area contributed by atoms with Crippen molar-refractivity contribution in [1.82, 2.24) is 4.90 Å². The topological polar surface area (TPSA) is 58.6 Å². The Morgan fingerprint density at radius 2 is 1.80 bits per heavy atom.